The van der Waals surface area contributed by atoms with E-state index in [4.69, 9.17) is 27.6 Å². The van der Waals surface area contributed by atoms with Crippen molar-refractivity contribution in [1.82, 2.24) is 0 Å². The number of alkyl halides is 2. The van der Waals surface area contributed by atoms with Crippen molar-refractivity contribution < 1.29 is 4.43 Å². The summed E-state index contributed by atoms with van der Waals surface area (Å²) in [6.07, 6.45) is 0. The Morgan fingerprint density at radius 2 is 1.50 bits per heavy atom. The first-order valence-corrected chi connectivity index (χ1v) is 14.0. The zero-order valence-corrected chi connectivity index (χ0v) is 16.5. The molecule has 1 saturated carbocycles. The lowest BCUT2D eigenvalue weighted by Crippen LogP contribution is -2.41. The Labute approximate surface area is 125 Å². The fourth-order valence-corrected chi connectivity index (χ4v) is 8.89. The van der Waals surface area contributed by atoms with Gasteiger partial charge in [-0.3, -0.25) is 0 Å². The summed E-state index contributed by atoms with van der Waals surface area (Å²) in [6, 6.07) is 0. The molecule has 0 unspecified atom stereocenters. The van der Waals surface area contributed by atoms with Crippen molar-refractivity contribution in [3.63, 3.8) is 0 Å². The summed E-state index contributed by atoms with van der Waals surface area (Å²) in [5.74, 6) is 0.335. The van der Waals surface area contributed by atoms with E-state index >= 15 is 0 Å². The van der Waals surface area contributed by atoms with Gasteiger partial charge in [0.25, 0.3) is 0 Å². The van der Waals surface area contributed by atoms with E-state index in [2.05, 4.69) is 53.5 Å². The van der Waals surface area contributed by atoms with Crippen LogP contribution in [0.3, 0.4) is 0 Å². The maximum absolute atomic E-state index is 6.44. The van der Waals surface area contributed by atoms with Crippen molar-refractivity contribution in [1.29, 1.82) is 0 Å². The van der Waals surface area contributed by atoms with E-state index in [1.807, 2.05) is 0 Å². The van der Waals surface area contributed by atoms with Gasteiger partial charge in [0.1, 0.15) is 4.33 Å². The number of rotatable bonds is 4. The molecule has 1 nitrogen and oxygen atoms in total. The van der Waals surface area contributed by atoms with E-state index in [1.165, 1.54) is 0 Å². The van der Waals surface area contributed by atoms with Gasteiger partial charge in [0.2, 0.25) is 0 Å². The van der Waals surface area contributed by atoms with Crippen molar-refractivity contribution in [2.24, 2.45) is 5.92 Å². The predicted molar refractivity (Wildman–Crippen MR) is 88.2 cm³/mol. The van der Waals surface area contributed by atoms with Gasteiger partial charge in [-0.05, 0) is 23.7 Å². The van der Waals surface area contributed by atoms with Crippen LogP contribution in [0, 0.1) is 5.92 Å². The van der Waals surface area contributed by atoms with Gasteiger partial charge in [-0.1, -0.05) is 40.4 Å². The monoisotopic (exact) mass is 326 g/mol. The van der Waals surface area contributed by atoms with E-state index in [0.29, 0.717) is 11.5 Å². The molecule has 0 radical (unpaired) electrons. The molecule has 0 aromatic carbocycles. The summed E-state index contributed by atoms with van der Waals surface area (Å²) in [5, 5.41) is 0.248. The Bertz CT molecular complexity index is 316. The normalized spacial score (nSPS) is 28.3. The van der Waals surface area contributed by atoms with Crippen LogP contribution in [0.1, 0.15) is 20.8 Å². The second kappa shape index (κ2) is 4.76. The first kappa shape index (κ1) is 17.0. The zero-order chi connectivity index (χ0) is 14.6. The van der Waals surface area contributed by atoms with Crippen LogP contribution in [0.2, 0.25) is 43.3 Å². The van der Waals surface area contributed by atoms with E-state index in [9.17, 15) is 0 Å². The lowest BCUT2D eigenvalue weighted by molar-refractivity contribution is 0.271. The average molecular weight is 327 g/mol. The highest BCUT2D eigenvalue weighted by Gasteiger charge is 2.67. The fraction of sp³-hybridized carbons (Fsp3) is 1.00. The summed E-state index contributed by atoms with van der Waals surface area (Å²) in [5.41, 5.74) is 0.470. The van der Waals surface area contributed by atoms with Crippen LogP contribution in [0.5, 0.6) is 0 Å². The van der Waals surface area contributed by atoms with Gasteiger partial charge < -0.3 is 4.43 Å². The standard InChI is InChI=1S/C13H28Cl2OSi2/c1-12(2,3)18(7,8)16-9-10-11(13(10,14)15)17(4,5)6/h10-11H,9H2,1-8H3/t10-,11+/m1/s1. The van der Waals surface area contributed by atoms with Gasteiger partial charge in [0.15, 0.2) is 8.32 Å². The molecule has 1 aliphatic carbocycles. The third kappa shape index (κ3) is 3.35. The molecule has 18 heavy (non-hydrogen) atoms. The summed E-state index contributed by atoms with van der Waals surface area (Å²) in [7, 11) is -2.97. The summed E-state index contributed by atoms with van der Waals surface area (Å²) >= 11 is 12.9. The molecule has 0 spiro atoms. The second-order valence-corrected chi connectivity index (χ2v) is 19.8. The van der Waals surface area contributed by atoms with Gasteiger partial charge in [-0.25, -0.2) is 0 Å². The zero-order valence-electron chi connectivity index (χ0n) is 13.0. The molecule has 0 saturated heterocycles. The molecule has 0 amide bonds. The lowest BCUT2D eigenvalue weighted by atomic mass is 10.2. The quantitative estimate of drug-likeness (QED) is 0.488. The first-order chi connectivity index (χ1) is 7.71. The third-order valence-corrected chi connectivity index (χ3v) is 13.2. The van der Waals surface area contributed by atoms with Crippen LogP contribution < -0.4 is 0 Å². The van der Waals surface area contributed by atoms with E-state index in [0.717, 1.165) is 6.61 Å². The molecule has 0 bridgehead atoms. The van der Waals surface area contributed by atoms with Crippen molar-refractivity contribution in [3.05, 3.63) is 0 Å². The lowest BCUT2D eigenvalue weighted by Gasteiger charge is -2.36. The molecular formula is C13H28Cl2OSi2. The van der Waals surface area contributed by atoms with Crippen LogP contribution in [0.15, 0.2) is 0 Å². The number of hydrogen-bond acceptors (Lipinski definition) is 1. The molecule has 1 fully saturated rings. The maximum atomic E-state index is 6.44. The van der Waals surface area contributed by atoms with Gasteiger partial charge in [0, 0.05) is 12.5 Å². The molecule has 108 valence electrons. The van der Waals surface area contributed by atoms with Crippen LogP contribution >= 0.6 is 23.2 Å². The Kier molecular flexibility index (Phi) is 4.51. The third-order valence-electron chi connectivity index (χ3n) is 4.57. The Balaban J connectivity index is 2.62. The Morgan fingerprint density at radius 3 is 1.78 bits per heavy atom. The molecule has 0 heterocycles. The molecule has 1 rings (SSSR count). The summed E-state index contributed by atoms with van der Waals surface area (Å²) in [6.45, 7) is 19.1. The number of hydrogen-bond donors (Lipinski definition) is 0. The van der Waals surface area contributed by atoms with Gasteiger partial charge in [-0.15, -0.1) is 23.2 Å². The Hall–Kier alpha value is 0.974. The van der Waals surface area contributed by atoms with E-state index < -0.39 is 20.7 Å². The predicted octanol–water partition coefficient (Wildman–Crippen LogP) is 5.52. The highest BCUT2D eigenvalue weighted by Crippen LogP contribution is 2.68. The molecule has 0 aromatic rings. The van der Waals surface area contributed by atoms with E-state index in [1.54, 1.807) is 0 Å². The van der Waals surface area contributed by atoms with Crippen molar-refractivity contribution in [3.8, 4) is 0 Å². The summed E-state index contributed by atoms with van der Waals surface area (Å²) in [4.78, 5) is 0. The van der Waals surface area contributed by atoms with Crippen LogP contribution in [-0.4, -0.2) is 27.3 Å². The molecule has 1 aliphatic rings. The minimum atomic E-state index is -1.68. The van der Waals surface area contributed by atoms with Crippen molar-refractivity contribution >= 4 is 39.6 Å². The first-order valence-electron chi connectivity index (χ1n) is 6.73. The molecule has 0 aromatic heterocycles. The van der Waals surface area contributed by atoms with Gasteiger partial charge in [0.05, 0.1) is 8.07 Å². The van der Waals surface area contributed by atoms with E-state index in [-0.39, 0.29) is 5.04 Å². The second-order valence-electron chi connectivity index (χ2n) is 8.20. The molecular weight excluding hydrogens is 299 g/mol. The minimum absolute atomic E-state index is 0.248. The Morgan fingerprint density at radius 1 is 1.06 bits per heavy atom. The molecule has 2 atom stereocenters. The molecule has 5 heteroatoms. The number of halogens is 2. The van der Waals surface area contributed by atoms with Crippen molar-refractivity contribution in [2.75, 3.05) is 6.61 Å². The van der Waals surface area contributed by atoms with Gasteiger partial charge >= 0.3 is 0 Å². The largest absolute Gasteiger partial charge is 0.416 e. The molecule has 0 N–H and O–H groups in total. The fourth-order valence-electron chi connectivity index (χ4n) is 2.29. The van der Waals surface area contributed by atoms with Gasteiger partial charge in [-0.2, -0.15) is 0 Å². The van der Waals surface area contributed by atoms with Crippen LogP contribution in [0.4, 0.5) is 0 Å². The maximum Gasteiger partial charge on any atom is 0.191 e. The van der Waals surface area contributed by atoms with Crippen LogP contribution in [-0.2, 0) is 4.43 Å². The summed E-state index contributed by atoms with van der Waals surface area (Å²) < 4.78 is 5.74. The average Bonchev–Trinajstić information content (AvgIpc) is 2.62. The highest BCUT2D eigenvalue weighted by molar-refractivity contribution is 6.82. The smallest absolute Gasteiger partial charge is 0.191 e. The molecule has 0 aliphatic heterocycles. The minimum Gasteiger partial charge on any atom is -0.416 e. The van der Waals surface area contributed by atoms with Crippen LogP contribution in [0.25, 0.3) is 0 Å². The topological polar surface area (TPSA) is 9.23 Å². The SMILES string of the molecule is CC(C)(C)[Si](C)(C)OC[C@@H]1[C@H]([Si](C)(C)C)C1(Cl)Cl. The van der Waals surface area contributed by atoms with Crippen molar-refractivity contribution in [2.45, 2.75) is 68.4 Å². The highest BCUT2D eigenvalue weighted by atomic mass is 35.5.